The van der Waals surface area contributed by atoms with E-state index in [1.807, 2.05) is 44.2 Å². The highest BCUT2D eigenvalue weighted by Crippen LogP contribution is 2.18. The number of halogens is 1. The number of carbonyl (C=O) groups excluding carboxylic acids is 1. The SMILES string of the molecule is CC(C)C[C@H](N)C(=O)NC(C)c1noc(-c2ccccc2)n1.Cl. The van der Waals surface area contributed by atoms with Gasteiger partial charge < -0.3 is 15.6 Å². The normalized spacial score (nSPS) is 13.3. The first-order valence-electron chi connectivity index (χ1n) is 7.42. The lowest BCUT2D eigenvalue weighted by Crippen LogP contribution is -2.42. The van der Waals surface area contributed by atoms with E-state index in [1.165, 1.54) is 0 Å². The average Bonchev–Trinajstić information content (AvgIpc) is 2.97. The molecule has 1 amide bonds. The van der Waals surface area contributed by atoms with E-state index in [-0.39, 0.29) is 24.4 Å². The lowest BCUT2D eigenvalue weighted by Gasteiger charge is -2.16. The Bertz CT molecular complexity index is 616. The van der Waals surface area contributed by atoms with Crippen molar-refractivity contribution in [3.8, 4) is 11.5 Å². The van der Waals surface area contributed by atoms with Crippen LogP contribution in [0, 0.1) is 5.92 Å². The number of carbonyl (C=O) groups is 1. The molecule has 1 aromatic carbocycles. The van der Waals surface area contributed by atoms with Crippen LogP contribution in [0.1, 0.15) is 39.1 Å². The molecule has 3 N–H and O–H groups in total. The zero-order chi connectivity index (χ0) is 16.1. The van der Waals surface area contributed by atoms with Gasteiger partial charge in [0.25, 0.3) is 5.89 Å². The van der Waals surface area contributed by atoms with Crippen molar-refractivity contribution < 1.29 is 9.32 Å². The number of benzene rings is 1. The summed E-state index contributed by atoms with van der Waals surface area (Å²) in [5, 5.41) is 6.74. The molecule has 0 aliphatic heterocycles. The van der Waals surface area contributed by atoms with Gasteiger partial charge in [0.2, 0.25) is 5.91 Å². The third-order valence-electron chi connectivity index (χ3n) is 3.27. The van der Waals surface area contributed by atoms with Gasteiger partial charge in [0, 0.05) is 5.56 Å². The van der Waals surface area contributed by atoms with Gasteiger partial charge in [-0.3, -0.25) is 4.79 Å². The highest BCUT2D eigenvalue weighted by molar-refractivity contribution is 5.85. The number of hydrogen-bond acceptors (Lipinski definition) is 5. The number of hydrogen-bond donors (Lipinski definition) is 2. The number of rotatable bonds is 6. The van der Waals surface area contributed by atoms with Crippen molar-refractivity contribution in [1.29, 1.82) is 0 Å². The van der Waals surface area contributed by atoms with Crippen molar-refractivity contribution in [3.63, 3.8) is 0 Å². The van der Waals surface area contributed by atoms with Crippen molar-refractivity contribution in [2.45, 2.75) is 39.3 Å². The van der Waals surface area contributed by atoms with Crippen LogP contribution in [0.2, 0.25) is 0 Å². The van der Waals surface area contributed by atoms with Gasteiger partial charge in [0.15, 0.2) is 5.82 Å². The summed E-state index contributed by atoms with van der Waals surface area (Å²) in [6.07, 6.45) is 0.639. The molecule has 0 aliphatic rings. The fourth-order valence-electron chi connectivity index (χ4n) is 2.11. The Balaban J connectivity index is 0.00000264. The molecule has 126 valence electrons. The molecule has 0 saturated heterocycles. The highest BCUT2D eigenvalue weighted by Gasteiger charge is 2.21. The lowest BCUT2D eigenvalue weighted by atomic mass is 10.0. The minimum absolute atomic E-state index is 0. The summed E-state index contributed by atoms with van der Waals surface area (Å²) in [4.78, 5) is 16.3. The predicted octanol–water partition coefficient (Wildman–Crippen LogP) is 2.71. The molecule has 1 unspecified atom stereocenters. The summed E-state index contributed by atoms with van der Waals surface area (Å²) in [6.45, 7) is 5.86. The summed E-state index contributed by atoms with van der Waals surface area (Å²) >= 11 is 0. The Morgan fingerprint density at radius 1 is 1.26 bits per heavy atom. The number of nitrogens with one attached hydrogen (secondary N) is 1. The van der Waals surface area contributed by atoms with E-state index in [2.05, 4.69) is 15.5 Å². The topological polar surface area (TPSA) is 94.0 Å². The van der Waals surface area contributed by atoms with Crippen molar-refractivity contribution in [3.05, 3.63) is 36.2 Å². The van der Waals surface area contributed by atoms with E-state index in [1.54, 1.807) is 6.92 Å². The first kappa shape index (κ1) is 19.1. The van der Waals surface area contributed by atoms with Crippen molar-refractivity contribution in [1.82, 2.24) is 15.5 Å². The van der Waals surface area contributed by atoms with Crippen LogP contribution in [0.5, 0.6) is 0 Å². The van der Waals surface area contributed by atoms with Crippen LogP contribution in [0.4, 0.5) is 0 Å². The minimum Gasteiger partial charge on any atom is -0.345 e. The zero-order valence-electron chi connectivity index (χ0n) is 13.5. The highest BCUT2D eigenvalue weighted by atomic mass is 35.5. The van der Waals surface area contributed by atoms with Gasteiger partial charge in [0.05, 0.1) is 12.1 Å². The summed E-state index contributed by atoms with van der Waals surface area (Å²) in [5.41, 5.74) is 6.71. The van der Waals surface area contributed by atoms with Crippen LogP contribution in [0.15, 0.2) is 34.9 Å². The molecule has 0 saturated carbocycles. The van der Waals surface area contributed by atoms with Gasteiger partial charge in [-0.15, -0.1) is 12.4 Å². The maximum absolute atomic E-state index is 12.0. The smallest absolute Gasteiger partial charge is 0.257 e. The fourth-order valence-corrected chi connectivity index (χ4v) is 2.11. The van der Waals surface area contributed by atoms with Crippen LogP contribution >= 0.6 is 12.4 Å². The molecule has 0 bridgehead atoms. The number of amides is 1. The molecule has 0 fully saturated rings. The predicted molar refractivity (Wildman–Crippen MR) is 91.0 cm³/mol. The largest absolute Gasteiger partial charge is 0.345 e. The molecule has 2 rings (SSSR count). The molecule has 2 atom stereocenters. The number of nitrogens with zero attached hydrogens (tertiary/aromatic N) is 2. The van der Waals surface area contributed by atoms with Gasteiger partial charge in [-0.1, -0.05) is 37.2 Å². The second-order valence-corrected chi connectivity index (χ2v) is 5.79. The minimum atomic E-state index is -0.525. The van der Waals surface area contributed by atoms with E-state index in [4.69, 9.17) is 10.3 Å². The Hall–Kier alpha value is -1.92. The summed E-state index contributed by atoms with van der Waals surface area (Å²) in [6, 6.07) is 8.61. The maximum atomic E-state index is 12.0. The van der Waals surface area contributed by atoms with Gasteiger partial charge in [-0.25, -0.2) is 0 Å². The van der Waals surface area contributed by atoms with Gasteiger partial charge >= 0.3 is 0 Å². The Kier molecular flexibility index (Phi) is 7.19. The lowest BCUT2D eigenvalue weighted by molar-refractivity contribution is -0.123. The molecule has 2 aromatic rings. The van der Waals surface area contributed by atoms with Gasteiger partial charge in [0.1, 0.15) is 0 Å². The van der Waals surface area contributed by atoms with Crippen LogP contribution in [-0.4, -0.2) is 22.1 Å². The molecule has 0 radical (unpaired) electrons. The van der Waals surface area contributed by atoms with Gasteiger partial charge in [-0.2, -0.15) is 4.98 Å². The Morgan fingerprint density at radius 3 is 2.52 bits per heavy atom. The summed E-state index contributed by atoms with van der Waals surface area (Å²) < 4.78 is 5.23. The van der Waals surface area contributed by atoms with E-state index in [0.717, 1.165) is 5.56 Å². The molecule has 6 nitrogen and oxygen atoms in total. The molecular formula is C16H23ClN4O2. The zero-order valence-corrected chi connectivity index (χ0v) is 14.3. The number of aromatic nitrogens is 2. The Morgan fingerprint density at radius 2 is 1.91 bits per heavy atom. The van der Waals surface area contributed by atoms with Crippen molar-refractivity contribution in [2.75, 3.05) is 0 Å². The van der Waals surface area contributed by atoms with Crippen LogP contribution in [0.25, 0.3) is 11.5 Å². The van der Waals surface area contributed by atoms with E-state index in [9.17, 15) is 4.79 Å². The molecule has 23 heavy (non-hydrogen) atoms. The molecule has 1 aromatic heterocycles. The quantitative estimate of drug-likeness (QED) is 0.844. The van der Waals surface area contributed by atoms with Crippen LogP contribution < -0.4 is 11.1 Å². The average molecular weight is 339 g/mol. The second-order valence-electron chi connectivity index (χ2n) is 5.79. The summed E-state index contributed by atoms with van der Waals surface area (Å²) in [7, 11) is 0. The van der Waals surface area contributed by atoms with Crippen molar-refractivity contribution in [2.24, 2.45) is 11.7 Å². The van der Waals surface area contributed by atoms with Crippen molar-refractivity contribution >= 4 is 18.3 Å². The molecule has 0 aliphatic carbocycles. The van der Waals surface area contributed by atoms with Crippen LogP contribution in [0.3, 0.4) is 0 Å². The van der Waals surface area contributed by atoms with E-state index < -0.39 is 6.04 Å². The number of nitrogens with two attached hydrogens (primary N) is 1. The first-order chi connectivity index (χ1) is 10.5. The monoisotopic (exact) mass is 338 g/mol. The summed E-state index contributed by atoms with van der Waals surface area (Å²) in [5.74, 6) is 1.03. The third-order valence-corrected chi connectivity index (χ3v) is 3.27. The Labute approximate surface area is 142 Å². The third kappa shape index (κ3) is 5.33. The molecular weight excluding hydrogens is 316 g/mol. The van der Waals surface area contributed by atoms with E-state index in [0.29, 0.717) is 24.1 Å². The maximum Gasteiger partial charge on any atom is 0.257 e. The second kappa shape index (κ2) is 8.64. The standard InChI is InChI=1S/C16H22N4O2.ClH/c1-10(2)9-13(17)15(21)18-11(3)14-19-16(22-20-14)12-7-5-4-6-8-12;/h4-8,10-11,13H,9,17H2,1-3H3,(H,18,21);1H/t11?,13-;/m0./s1. The molecule has 7 heteroatoms. The fraction of sp³-hybridized carbons (Fsp3) is 0.438. The van der Waals surface area contributed by atoms with E-state index >= 15 is 0 Å². The molecule has 1 heterocycles. The molecule has 0 spiro atoms. The van der Waals surface area contributed by atoms with Gasteiger partial charge in [-0.05, 0) is 31.4 Å². The van der Waals surface area contributed by atoms with Crippen LogP contribution in [-0.2, 0) is 4.79 Å². The first-order valence-corrected chi connectivity index (χ1v) is 7.42.